The van der Waals surface area contributed by atoms with Gasteiger partial charge in [-0.05, 0) is 37.7 Å². The average molecular weight is 328 g/mol. The summed E-state index contributed by atoms with van der Waals surface area (Å²) in [5.41, 5.74) is 1.23. The third-order valence-electron chi connectivity index (χ3n) is 3.38. The Kier molecular flexibility index (Phi) is 5.38. The summed E-state index contributed by atoms with van der Waals surface area (Å²) in [6.07, 6.45) is 1.70. The Labute approximate surface area is 131 Å². The Morgan fingerprint density at radius 2 is 2.00 bits per heavy atom. The third kappa shape index (κ3) is 3.92. The van der Waals surface area contributed by atoms with Crippen molar-refractivity contribution in [3.8, 4) is 0 Å². The van der Waals surface area contributed by atoms with E-state index in [1.165, 1.54) is 10.4 Å². The van der Waals surface area contributed by atoms with Gasteiger partial charge in [0, 0.05) is 44.8 Å². The van der Waals surface area contributed by atoms with Crippen LogP contribution in [0.1, 0.15) is 23.4 Å². The molecule has 0 radical (unpaired) electrons. The summed E-state index contributed by atoms with van der Waals surface area (Å²) in [4.78, 5) is 4.41. The summed E-state index contributed by atoms with van der Waals surface area (Å²) in [5, 5.41) is 2.77. The number of hydrogen-bond acceptors (Lipinski definition) is 3. The molecule has 2 atom stereocenters. The predicted octanol–water partition coefficient (Wildman–Crippen LogP) is 4.33. The van der Waals surface area contributed by atoms with Crippen LogP contribution in [-0.4, -0.2) is 22.4 Å². The molecule has 0 fully saturated rings. The van der Waals surface area contributed by atoms with Crippen molar-refractivity contribution in [2.75, 3.05) is 13.3 Å². The second-order valence-corrected chi connectivity index (χ2v) is 7.66. The van der Waals surface area contributed by atoms with Crippen LogP contribution in [0.5, 0.6) is 0 Å². The highest BCUT2D eigenvalue weighted by Gasteiger charge is 2.13. The number of halogens is 1. The predicted molar refractivity (Wildman–Crippen MR) is 88.0 cm³/mol. The summed E-state index contributed by atoms with van der Waals surface area (Å²) in [7, 11) is 1.18. The Hall–Kier alpha value is -0.680. The summed E-state index contributed by atoms with van der Waals surface area (Å²) < 4.78 is 11.4. The van der Waals surface area contributed by atoms with Gasteiger partial charge >= 0.3 is 0 Å². The summed E-state index contributed by atoms with van der Waals surface area (Å²) >= 11 is 7.63. The number of nitrogens with zero attached hydrogens (tertiary/aromatic N) is 1. The quantitative estimate of drug-likeness (QED) is 0.814. The smallest absolute Gasteiger partial charge is 0.0516 e. The van der Waals surface area contributed by atoms with Crippen molar-refractivity contribution >= 4 is 33.7 Å². The Balaban J connectivity index is 2.05. The van der Waals surface area contributed by atoms with Gasteiger partial charge in [0.2, 0.25) is 0 Å². The molecule has 0 N–H and O–H groups in total. The summed E-state index contributed by atoms with van der Waals surface area (Å²) in [6.45, 7) is 3.05. The van der Waals surface area contributed by atoms with E-state index in [1.807, 2.05) is 23.6 Å². The average Bonchev–Trinajstić information content (AvgIpc) is 2.83. The molecule has 20 heavy (non-hydrogen) atoms. The maximum Gasteiger partial charge on any atom is 0.0516 e. The first kappa shape index (κ1) is 15.7. The van der Waals surface area contributed by atoms with E-state index in [0.717, 1.165) is 16.5 Å². The molecule has 0 saturated heterocycles. The molecular formula is C15H18ClNOS2. The van der Waals surface area contributed by atoms with Crippen LogP contribution in [0.25, 0.3) is 0 Å². The van der Waals surface area contributed by atoms with E-state index in [0.29, 0.717) is 6.04 Å². The highest BCUT2D eigenvalue weighted by molar-refractivity contribution is 7.84. The highest BCUT2D eigenvalue weighted by atomic mass is 35.5. The molecule has 0 bridgehead atoms. The Morgan fingerprint density at radius 1 is 1.35 bits per heavy atom. The lowest BCUT2D eigenvalue weighted by molar-refractivity contribution is 0.255. The van der Waals surface area contributed by atoms with Crippen LogP contribution in [0.3, 0.4) is 0 Å². The number of rotatable bonds is 5. The van der Waals surface area contributed by atoms with Crippen molar-refractivity contribution in [2.24, 2.45) is 0 Å². The molecule has 0 spiro atoms. The lowest BCUT2D eigenvalue weighted by Gasteiger charge is -2.24. The standard InChI is InChI=1S/C15H18ClNOS2/c1-11(12-4-6-15(7-5-12)20(3)18)17(2)9-14-8-13(16)10-19-14/h4-8,10-11H,9H2,1-3H3/t11-,20-/m1/s1. The van der Waals surface area contributed by atoms with Gasteiger partial charge in [-0.2, -0.15) is 0 Å². The van der Waals surface area contributed by atoms with Crippen LogP contribution in [0.4, 0.5) is 0 Å². The maximum absolute atomic E-state index is 11.4. The van der Waals surface area contributed by atoms with Crippen LogP contribution in [0.15, 0.2) is 40.6 Å². The van der Waals surface area contributed by atoms with E-state index in [9.17, 15) is 4.21 Å². The second kappa shape index (κ2) is 6.85. The van der Waals surface area contributed by atoms with Gasteiger partial charge in [-0.25, -0.2) is 0 Å². The molecule has 108 valence electrons. The topological polar surface area (TPSA) is 20.3 Å². The monoisotopic (exact) mass is 327 g/mol. The van der Waals surface area contributed by atoms with Gasteiger partial charge < -0.3 is 0 Å². The molecule has 0 saturated carbocycles. The number of thiophene rings is 1. The first-order valence-corrected chi connectivity index (χ1v) is 9.15. The number of hydrogen-bond donors (Lipinski definition) is 0. The van der Waals surface area contributed by atoms with Crippen molar-refractivity contribution in [2.45, 2.75) is 24.4 Å². The van der Waals surface area contributed by atoms with Gasteiger partial charge in [-0.1, -0.05) is 23.7 Å². The molecule has 2 rings (SSSR count). The zero-order chi connectivity index (χ0) is 14.7. The highest BCUT2D eigenvalue weighted by Crippen LogP contribution is 2.25. The lowest BCUT2D eigenvalue weighted by Crippen LogP contribution is -2.21. The Morgan fingerprint density at radius 3 is 2.50 bits per heavy atom. The third-order valence-corrected chi connectivity index (χ3v) is 5.59. The fourth-order valence-corrected chi connectivity index (χ4v) is 3.67. The molecule has 1 aromatic carbocycles. The zero-order valence-corrected chi connectivity index (χ0v) is 14.2. The molecule has 0 amide bonds. The van der Waals surface area contributed by atoms with E-state index in [-0.39, 0.29) is 0 Å². The molecule has 0 unspecified atom stereocenters. The minimum absolute atomic E-state index is 0.301. The molecule has 1 heterocycles. The van der Waals surface area contributed by atoms with E-state index in [4.69, 9.17) is 11.6 Å². The van der Waals surface area contributed by atoms with Crippen molar-refractivity contribution in [3.05, 3.63) is 51.2 Å². The molecule has 2 nitrogen and oxygen atoms in total. The van der Waals surface area contributed by atoms with Crippen molar-refractivity contribution in [1.82, 2.24) is 4.90 Å². The maximum atomic E-state index is 11.4. The SMILES string of the molecule is C[C@H](c1ccc([S@@](C)=O)cc1)N(C)Cc1cc(Cl)cs1. The van der Waals surface area contributed by atoms with Crippen LogP contribution >= 0.6 is 22.9 Å². The molecular weight excluding hydrogens is 310 g/mol. The fraction of sp³-hybridized carbons (Fsp3) is 0.333. The number of benzene rings is 1. The van der Waals surface area contributed by atoms with E-state index in [1.54, 1.807) is 17.6 Å². The lowest BCUT2D eigenvalue weighted by atomic mass is 10.1. The van der Waals surface area contributed by atoms with E-state index < -0.39 is 10.8 Å². The zero-order valence-electron chi connectivity index (χ0n) is 11.8. The minimum atomic E-state index is -0.916. The first-order valence-electron chi connectivity index (χ1n) is 6.34. The van der Waals surface area contributed by atoms with Gasteiger partial charge in [-0.3, -0.25) is 9.11 Å². The van der Waals surface area contributed by atoms with Crippen LogP contribution in [0.2, 0.25) is 5.02 Å². The Bertz CT molecular complexity index is 594. The van der Waals surface area contributed by atoms with E-state index >= 15 is 0 Å². The van der Waals surface area contributed by atoms with Crippen molar-refractivity contribution in [3.63, 3.8) is 0 Å². The molecule has 5 heteroatoms. The van der Waals surface area contributed by atoms with E-state index in [2.05, 4.69) is 31.0 Å². The van der Waals surface area contributed by atoms with Crippen molar-refractivity contribution in [1.29, 1.82) is 0 Å². The summed E-state index contributed by atoms with van der Waals surface area (Å²) in [5.74, 6) is 0. The van der Waals surface area contributed by atoms with Crippen LogP contribution in [0, 0.1) is 0 Å². The van der Waals surface area contributed by atoms with Crippen LogP contribution < -0.4 is 0 Å². The molecule has 0 aliphatic carbocycles. The molecule has 2 aromatic rings. The fourth-order valence-electron chi connectivity index (χ4n) is 2.01. The molecule has 0 aliphatic heterocycles. The van der Waals surface area contributed by atoms with Gasteiger partial charge in [-0.15, -0.1) is 11.3 Å². The van der Waals surface area contributed by atoms with Gasteiger partial charge in [0.05, 0.1) is 5.02 Å². The largest absolute Gasteiger partial charge is 0.295 e. The molecule has 1 aromatic heterocycles. The summed E-state index contributed by atoms with van der Waals surface area (Å²) in [6, 6.07) is 10.3. The second-order valence-electron chi connectivity index (χ2n) is 4.85. The van der Waals surface area contributed by atoms with Gasteiger partial charge in [0.25, 0.3) is 0 Å². The van der Waals surface area contributed by atoms with Gasteiger partial charge in [0.15, 0.2) is 0 Å². The molecule has 0 aliphatic rings. The normalized spacial score (nSPS) is 14.4. The van der Waals surface area contributed by atoms with Gasteiger partial charge in [0.1, 0.15) is 0 Å². The van der Waals surface area contributed by atoms with Crippen molar-refractivity contribution < 1.29 is 4.21 Å². The first-order chi connectivity index (χ1) is 9.47. The minimum Gasteiger partial charge on any atom is -0.295 e. The van der Waals surface area contributed by atoms with Crippen LogP contribution in [-0.2, 0) is 17.3 Å².